The number of fused-ring (bicyclic) bond motifs is 1. The van der Waals surface area contributed by atoms with Crippen LogP contribution in [0.3, 0.4) is 0 Å². The first-order valence-electron chi connectivity index (χ1n) is 10.2. The minimum atomic E-state index is 0.317. The first-order chi connectivity index (χ1) is 13.2. The Kier molecular flexibility index (Phi) is 5.70. The van der Waals surface area contributed by atoms with Crippen molar-refractivity contribution in [2.75, 3.05) is 18.4 Å². The molecule has 4 rings (SSSR count). The Morgan fingerprint density at radius 3 is 2.89 bits per heavy atom. The van der Waals surface area contributed by atoms with Crippen LogP contribution >= 0.6 is 15.9 Å². The van der Waals surface area contributed by atoms with Crippen LogP contribution in [0.25, 0.3) is 11.0 Å². The van der Waals surface area contributed by atoms with Crippen molar-refractivity contribution >= 4 is 32.7 Å². The van der Waals surface area contributed by atoms with Gasteiger partial charge in [-0.2, -0.15) is 5.26 Å². The van der Waals surface area contributed by atoms with Crippen molar-refractivity contribution in [1.82, 2.24) is 9.88 Å². The van der Waals surface area contributed by atoms with Crippen molar-refractivity contribution in [2.45, 2.75) is 64.0 Å². The summed E-state index contributed by atoms with van der Waals surface area (Å²) in [4.78, 5) is 7.26. The first kappa shape index (κ1) is 18.8. The second kappa shape index (κ2) is 8.20. The summed E-state index contributed by atoms with van der Waals surface area (Å²) in [5, 5.41) is 13.5. The summed E-state index contributed by atoms with van der Waals surface area (Å²) in [6, 6.07) is 5.02. The van der Waals surface area contributed by atoms with Gasteiger partial charge in [0.2, 0.25) is 5.76 Å². The Hall–Kier alpha value is -1.58. The molecule has 0 radical (unpaired) electrons. The number of piperidine rings is 1. The van der Waals surface area contributed by atoms with Crippen LogP contribution < -0.4 is 5.32 Å². The van der Waals surface area contributed by atoms with Crippen molar-refractivity contribution < 1.29 is 4.42 Å². The number of nitriles is 1. The first-order valence-corrected chi connectivity index (χ1v) is 11.0. The van der Waals surface area contributed by atoms with Crippen LogP contribution in [0.4, 0.5) is 5.82 Å². The lowest BCUT2D eigenvalue weighted by Crippen LogP contribution is -2.45. The minimum absolute atomic E-state index is 0.317. The van der Waals surface area contributed by atoms with E-state index >= 15 is 0 Å². The number of anilines is 1. The fourth-order valence-electron chi connectivity index (χ4n) is 4.68. The maximum Gasteiger partial charge on any atom is 0.204 e. The number of aromatic nitrogens is 1. The lowest BCUT2D eigenvalue weighted by atomic mass is 9.87. The molecule has 3 heterocycles. The zero-order valence-corrected chi connectivity index (χ0v) is 17.5. The lowest BCUT2D eigenvalue weighted by Gasteiger charge is -2.41. The number of rotatable bonds is 4. The second-order valence-corrected chi connectivity index (χ2v) is 8.78. The SMILES string of the molecule is CCC1CCCN(C2CCC(Nc3ncc4oc(C#N)cc4c3Br)CC2)C1. The van der Waals surface area contributed by atoms with Crippen LogP contribution in [0.5, 0.6) is 0 Å². The molecule has 1 atom stereocenters. The molecular formula is C21H27BrN4O. The van der Waals surface area contributed by atoms with Crippen LogP contribution in [0, 0.1) is 17.2 Å². The summed E-state index contributed by atoms with van der Waals surface area (Å²) >= 11 is 3.64. The van der Waals surface area contributed by atoms with E-state index in [0.29, 0.717) is 17.4 Å². The third-order valence-corrected chi connectivity index (χ3v) is 7.11. The monoisotopic (exact) mass is 430 g/mol. The summed E-state index contributed by atoms with van der Waals surface area (Å²) in [6.45, 7) is 4.91. The Morgan fingerprint density at radius 2 is 2.15 bits per heavy atom. The van der Waals surface area contributed by atoms with E-state index in [-0.39, 0.29) is 0 Å². The number of halogens is 1. The van der Waals surface area contributed by atoms with E-state index in [1.54, 1.807) is 12.3 Å². The number of likely N-dealkylation sites (tertiary alicyclic amines) is 1. The second-order valence-electron chi connectivity index (χ2n) is 7.98. The van der Waals surface area contributed by atoms with E-state index in [2.05, 4.69) is 38.1 Å². The number of nitrogens with one attached hydrogen (secondary N) is 1. The predicted octanol–water partition coefficient (Wildman–Crippen LogP) is 5.31. The molecule has 2 aromatic heterocycles. The van der Waals surface area contributed by atoms with Crippen molar-refractivity contribution in [3.63, 3.8) is 0 Å². The minimum Gasteiger partial charge on any atom is -0.444 e. The largest absolute Gasteiger partial charge is 0.444 e. The van der Waals surface area contributed by atoms with E-state index in [1.165, 1.54) is 58.0 Å². The standard InChI is InChI=1S/C21H27BrN4O/c1-2-14-4-3-9-26(13-14)16-7-5-15(6-8-16)25-21-20(22)18-10-17(11-23)27-19(18)12-24-21/h10,12,14-16H,2-9,13H2,1H3,(H,24,25). The molecule has 1 aliphatic heterocycles. The van der Waals surface area contributed by atoms with Gasteiger partial charge < -0.3 is 14.6 Å². The molecule has 1 unspecified atom stereocenters. The van der Waals surface area contributed by atoms with Gasteiger partial charge in [-0.1, -0.05) is 13.3 Å². The van der Waals surface area contributed by atoms with Gasteiger partial charge in [-0.15, -0.1) is 0 Å². The van der Waals surface area contributed by atoms with E-state index in [9.17, 15) is 0 Å². The number of hydrogen-bond donors (Lipinski definition) is 1. The molecule has 1 N–H and O–H groups in total. The van der Waals surface area contributed by atoms with Gasteiger partial charge >= 0.3 is 0 Å². The van der Waals surface area contributed by atoms with Crippen LogP contribution in [-0.2, 0) is 0 Å². The van der Waals surface area contributed by atoms with Crippen molar-refractivity contribution in [2.24, 2.45) is 5.92 Å². The molecule has 1 aliphatic carbocycles. The molecule has 144 valence electrons. The Labute approximate surface area is 169 Å². The van der Waals surface area contributed by atoms with Gasteiger partial charge in [0.05, 0.1) is 10.7 Å². The molecule has 2 aromatic rings. The fraction of sp³-hybridized carbons (Fsp3) is 0.619. The predicted molar refractivity (Wildman–Crippen MR) is 111 cm³/mol. The molecule has 6 heteroatoms. The van der Waals surface area contributed by atoms with Crippen LogP contribution in [0.1, 0.15) is 57.6 Å². The smallest absolute Gasteiger partial charge is 0.204 e. The van der Waals surface area contributed by atoms with Gasteiger partial charge in [-0.05, 0) is 66.9 Å². The van der Waals surface area contributed by atoms with Gasteiger partial charge in [0, 0.05) is 30.1 Å². The van der Waals surface area contributed by atoms with Gasteiger partial charge in [0.25, 0.3) is 0 Å². The average Bonchev–Trinajstić information content (AvgIpc) is 3.15. The molecule has 0 spiro atoms. The van der Waals surface area contributed by atoms with Gasteiger partial charge in [0.15, 0.2) is 5.58 Å². The summed E-state index contributed by atoms with van der Waals surface area (Å²) in [5.41, 5.74) is 0.642. The summed E-state index contributed by atoms with van der Waals surface area (Å²) in [5.74, 6) is 2.06. The van der Waals surface area contributed by atoms with Crippen molar-refractivity contribution in [3.05, 3.63) is 22.5 Å². The Bertz CT molecular complexity index is 835. The highest BCUT2D eigenvalue weighted by molar-refractivity contribution is 9.10. The normalized spacial score (nSPS) is 26.8. The summed E-state index contributed by atoms with van der Waals surface area (Å²) < 4.78 is 6.34. The number of pyridine rings is 1. The highest BCUT2D eigenvalue weighted by Crippen LogP contribution is 2.34. The van der Waals surface area contributed by atoms with Crippen molar-refractivity contribution in [1.29, 1.82) is 5.26 Å². The maximum atomic E-state index is 9.03. The molecule has 0 aromatic carbocycles. The Balaban J connectivity index is 1.37. The van der Waals surface area contributed by atoms with E-state index in [1.807, 2.05) is 6.07 Å². The molecule has 0 amide bonds. The third kappa shape index (κ3) is 4.00. The number of furan rings is 1. The number of nitrogens with zero attached hydrogens (tertiary/aromatic N) is 3. The maximum absolute atomic E-state index is 9.03. The summed E-state index contributed by atoms with van der Waals surface area (Å²) in [6.07, 6.45) is 10.7. The molecule has 5 nitrogen and oxygen atoms in total. The van der Waals surface area contributed by atoms with E-state index in [4.69, 9.17) is 9.68 Å². The Morgan fingerprint density at radius 1 is 1.33 bits per heavy atom. The quantitative estimate of drug-likeness (QED) is 0.711. The third-order valence-electron chi connectivity index (χ3n) is 6.31. The number of hydrogen-bond acceptors (Lipinski definition) is 5. The molecule has 1 saturated carbocycles. The van der Waals surface area contributed by atoms with Crippen molar-refractivity contribution in [3.8, 4) is 6.07 Å². The van der Waals surface area contributed by atoms with Gasteiger partial charge in [0.1, 0.15) is 11.9 Å². The van der Waals surface area contributed by atoms with Crippen LogP contribution in [-0.4, -0.2) is 35.1 Å². The fourth-order valence-corrected chi connectivity index (χ4v) is 5.20. The molecular weight excluding hydrogens is 404 g/mol. The van der Waals surface area contributed by atoms with Gasteiger partial charge in [-0.3, -0.25) is 0 Å². The zero-order valence-electron chi connectivity index (χ0n) is 15.9. The van der Waals surface area contributed by atoms with Crippen LogP contribution in [0.15, 0.2) is 21.2 Å². The molecule has 0 bridgehead atoms. The van der Waals surface area contributed by atoms with E-state index < -0.39 is 0 Å². The molecule has 27 heavy (non-hydrogen) atoms. The summed E-state index contributed by atoms with van der Waals surface area (Å²) in [7, 11) is 0. The molecule has 1 saturated heterocycles. The average molecular weight is 431 g/mol. The topological polar surface area (TPSA) is 65.1 Å². The molecule has 2 aliphatic rings. The van der Waals surface area contributed by atoms with E-state index in [0.717, 1.165) is 27.6 Å². The highest BCUT2D eigenvalue weighted by Gasteiger charge is 2.29. The van der Waals surface area contributed by atoms with Crippen LogP contribution in [0.2, 0.25) is 0 Å². The molecule has 2 fully saturated rings. The van der Waals surface area contributed by atoms with Gasteiger partial charge in [-0.25, -0.2) is 4.98 Å². The zero-order chi connectivity index (χ0) is 18.8. The highest BCUT2D eigenvalue weighted by atomic mass is 79.9. The lowest BCUT2D eigenvalue weighted by molar-refractivity contribution is 0.0950.